The van der Waals surface area contributed by atoms with Gasteiger partial charge in [0.1, 0.15) is 5.75 Å². The van der Waals surface area contributed by atoms with Gasteiger partial charge in [-0.3, -0.25) is 4.79 Å². The van der Waals surface area contributed by atoms with Gasteiger partial charge in [0.15, 0.2) is 0 Å². The maximum atomic E-state index is 11.8. The first-order chi connectivity index (χ1) is 8.72. The van der Waals surface area contributed by atoms with Crippen LogP contribution in [0.3, 0.4) is 0 Å². The molecule has 0 saturated carbocycles. The van der Waals surface area contributed by atoms with Crippen LogP contribution in [-0.2, 0) is 11.2 Å². The molecule has 0 radical (unpaired) electrons. The molecular formula is C14H19NO3. The van der Waals surface area contributed by atoms with E-state index in [-0.39, 0.29) is 12.5 Å². The lowest BCUT2D eigenvalue weighted by Crippen LogP contribution is -2.25. The van der Waals surface area contributed by atoms with Crippen molar-refractivity contribution in [2.75, 3.05) is 25.2 Å². The van der Waals surface area contributed by atoms with Gasteiger partial charge in [0, 0.05) is 13.7 Å². The first-order valence-corrected chi connectivity index (χ1v) is 6.35. The molecule has 98 valence electrons. The van der Waals surface area contributed by atoms with Gasteiger partial charge in [0.25, 0.3) is 0 Å². The largest absolute Gasteiger partial charge is 0.491 e. The van der Waals surface area contributed by atoms with Crippen molar-refractivity contribution in [2.45, 2.75) is 25.7 Å². The third-order valence-corrected chi connectivity index (χ3v) is 3.21. The minimum absolute atomic E-state index is 0.0845. The molecule has 0 aromatic heterocycles. The number of benzene rings is 1. The number of ether oxygens (including phenoxy) is 1. The minimum atomic E-state index is 0.0845. The second-order valence-corrected chi connectivity index (χ2v) is 4.53. The molecule has 2 rings (SSSR count). The van der Waals surface area contributed by atoms with Gasteiger partial charge in [-0.25, -0.2) is 0 Å². The average Bonchev–Trinajstić information content (AvgIpc) is 2.51. The number of aryl methyl sites for hydroxylation is 1. The topological polar surface area (TPSA) is 49.8 Å². The van der Waals surface area contributed by atoms with Gasteiger partial charge in [0.05, 0.1) is 18.7 Å². The lowest BCUT2D eigenvalue weighted by atomic mass is 10.1. The maximum Gasteiger partial charge on any atom is 0.230 e. The Morgan fingerprint density at radius 3 is 3.00 bits per heavy atom. The molecule has 0 unspecified atom stereocenters. The molecule has 4 nitrogen and oxygen atoms in total. The van der Waals surface area contributed by atoms with E-state index in [1.807, 2.05) is 18.2 Å². The van der Waals surface area contributed by atoms with Crippen molar-refractivity contribution in [3.05, 3.63) is 23.8 Å². The fourth-order valence-electron chi connectivity index (χ4n) is 2.09. The van der Waals surface area contributed by atoms with Crippen LogP contribution < -0.4 is 9.64 Å². The molecule has 0 aliphatic carbocycles. The molecule has 4 heteroatoms. The van der Waals surface area contributed by atoms with Gasteiger partial charge >= 0.3 is 0 Å². The summed E-state index contributed by atoms with van der Waals surface area (Å²) in [6.45, 7) is 0.673. The summed E-state index contributed by atoms with van der Waals surface area (Å²) in [5.74, 6) is 0.857. The second-order valence-electron chi connectivity index (χ2n) is 4.53. The van der Waals surface area contributed by atoms with Crippen LogP contribution in [0, 0.1) is 0 Å². The Balaban J connectivity index is 2.18. The van der Waals surface area contributed by atoms with Crippen molar-refractivity contribution in [3.8, 4) is 5.75 Å². The normalized spacial score (nSPS) is 15.0. The highest BCUT2D eigenvalue weighted by molar-refractivity contribution is 5.95. The van der Waals surface area contributed by atoms with E-state index in [9.17, 15) is 4.79 Å². The molecule has 0 saturated heterocycles. The molecule has 1 N–H and O–H groups in total. The lowest BCUT2D eigenvalue weighted by molar-refractivity contribution is -0.118. The first kappa shape index (κ1) is 12.9. The Bertz CT molecular complexity index is 431. The van der Waals surface area contributed by atoms with Crippen LogP contribution >= 0.6 is 0 Å². The van der Waals surface area contributed by atoms with Crippen LogP contribution in [0.4, 0.5) is 5.69 Å². The Morgan fingerprint density at radius 2 is 2.22 bits per heavy atom. The molecule has 1 amide bonds. The van der Waals surface area contributed by atoms with Crippen molar-refractivity contribution in [1.29, 1.82) is 0 Å². The summed E-state index contributed by atoms with van der Waals surface area (Å²) in [7, 11) is 1.79. The third-order valence-electron chi connectivity index (χ3n) is 3.21. The Hall–Kier alpha value is -1.55. The molecule has 1 heterocycles. The fraction of sp³-hybridized carbons (Fsp3) is 0.500. The number of hydrogen-bond acceptors (Lipinski definition) is 3. The van der Waals surface area contributed by atoms with E-state index in [4.69, 9.17) is 9.84 Å². The van der Waals surface area contributed by atoms with Crippen LogP contribution in [0.15, 0.2) is 18.2 Å². The number of anilines is 1. The summed E-state index contributed by atoms with van der Waals surface area (Å²) in [6.07, 6.45) is 3.09. The summed E-state index contributed by atoms with van der Waals surface area (Å²) in [6, 6.07) is 5.97. The number of carbonyl (C=O) groups is 1. The van der Waals surface area contributed by atoms with Gasteiger partial charge in [-0.15, -0.1) is 0 Å². The minimum Gasteiger partial charge on any atom is -0.491 e. The van der Waals surface area contributed by atoms with Crippen LogP contribution in [0.2, 0.25) is 0 Å². The standard InChI is InChI=1S/C14H19NO3/c1-15-12-10-11(4-2-3-8-16)5-6-13(12)18-9-7-14(15)17/h5-6,10,16H,2-4,7-9H2,1H3. The molecule has 0 atom stereocenters. The molecule has 1 aliphatic heterocycles. The summed E-state index contributed by atoms with van der Waals surface area (Å²) in [4.78, 5) is 13.4. The Kier molecular flexibility index (Phi) is 4.20. The van der Waals surface area contributed by atoms with Crippen LogP contribution in [-0.4, -0.2) is 31.3 Å². The number of aliphatic hydroxyl groups excluding tert-OH is 1. The molecule has 0 spiro atoms. The second kappa shape index (κ2) is 5.87. The molecule has 0 fully saturated rings. The van der Waals surface area contributed by atoms with Crippen molar-refractivity contribution in [1.82, 2.24) is 0 Å². The Labute approximate surface area is 107 Å². The van der Waals surface area contributed by atoms with E-state index >= 15 is 0 Å². The average molecular weight is 249 g/mol. The van der Waals surface area contributed by atoms with Crippen molar-refractivity contribution in [3.63, 3.8) is 0 Å². The number of hydrogen-bond donors (Lipinski definition) is 1. The van der Waals surface area contributed by atoms with E-state index in [1.54, 1.807) is 11.9 Å². The van der Waals surface area contributed by atoms with Crippen LogP contribution in [0.25, 0.3) is 0 Å². The number of fused-ring (bicyclic) bond motifs is 1. The molecule has 1 aromatic carbocycles. The van der Waals surface area contributed by atoms with E-state index in [0.717, 1.165) is 30.7 Å². The summed E-state index contributed by atoms with van der Waals surface area (Å²) in [5, 5.41) is 8.78. The monoisotopic (exact) mass is 249 g/mol. The quantitative estimate of drug-likeness (QED) is 0.827. The summed E-state index contributed by atoms with van der Waals surface area (Å²) < 4.78 is 5.57. The molecular weight excluding hydrogens is 230 g/mol. The summed E-state index contributed by atoms with van der Waals surface area (Å²) in [5.41, 5.74) is 2.02. The zero-order chi connectivity index (χ0) is 13.0. The predicted molar refractivity (Wildman–Crippen MR) is 70.0 cm³/mol. The van der Waals surface area contributed by atoms with Gasteiger partial charge < -0.3 is 14.7 Å². The third kappa shape index (κ3) is 2.82. The molecule has 18 heavy (non-hydrogen) atoms. The van der Waals surface area contributed by atoms with Gasteiger partial charge in [0.2, 0.25) is 5.91 Å². The lowest BCUT2D eigenvalue weighted by Gasteiger charge is -2.17. The highest BCUT2D eigenvalue weighted by Crippen LogP contribution is 2.31. The van der Waals surface area contributed by atoms with E-state index in [2.05, 4.69) is 0 Å². The number of nitrogens with zero attached hydrogens (tertiary/aromatic N) is 1. The number of aliphatic hydroxyl groups is 1. The summed E-state index contributed by atoms with van der Waals surface area (Å²) >= 11 is 0. The number of amides is 1. The van der Waals surface area contributed by atoms with Crippen LogP contribution in [0.5, 0.6) is 5.75 Å². The maximum absolute atomic E-state index is 11.8. The Morgan fingerprint density at radius 1 is 1.39 bits per heavy atom. The molecule has 1 aliphatic rings. The zero-order valence-electron chi connectivity index (χ0n) is 10.7. The predicted octanol–water partition coefficient (Wildman–Crippen LogP) is 1.75. The molecule has 1 aromatic rings. The van der Waals surface area contributed by atoms with Gasteiger partial charge in [-0.1, -0.05) is 6.07 Å². The zero-order valence-corrected chi connectivity index (χ0v) is 10.7. The highest BCUT2D eigenvalue weighted by Gasteiger charge is 2.19. The SMILES string of the molecule is CN1C(=O)CCOc2ccc(CCCCO)cc21. The number of rotatable bonds is 4. The number of carbonyl (C=O) groups excluding carboxylic acids is 1. The number of unbranched alkanes of at least 4 members (excludes halogenated alkanes) is 1. The van der Waals surface area contributed by atoms with Crippen molar-refractivity contribution < 1.29 is 14.6 Å². The highest BCUT2D eigenvalue weighted by atomic mass is 16.5. The van der Waals surface area contributed by atoms with Crippen molar-refractivity contribution in [2.24, 2.45) is 0 Å². The van der Waals surface area contributed by atoms with Crippen LogP contribution in [0.1, 0.15) is 24.8 Å². The van der Waals surface area contributed by atoms with Gasteiger partial charge in [-0.05, 0) is 37.0 Å². The smallest absolute Gasteiger partial charge is 0.230 e. The van der Waals surface area contributed by atoms with Crippen molar-refractivity contribution >= 4 is 11.6 Å². The van der Waals surface area contributed by atoms with E-state index < -0.39 is 0 Å². The van der Waals surface area contributed by atoms with E-state index in [1.165, 1.54) is 5.56 Å². The van der Waals surface area contributed by atoms with Gasteiger partial charge in [-0.2, -0.15) is 0 Å². The molecule has 0 bridgehead atoms. The van der Waals surface area contributed by atoms with E-state index in [0.29, 0.717) is 13.0 Å². The fourth-order valence-corrected chi connectivity index (χ4v) is 2.09. The first-order valence-electron chi connectivity index (χ1n) is 6.35.